The largest absolute Gasteiger partial charge is 0.376 e. The average Bonchev–Trinajstić information content (AvgIpc) is 3.64. The van der Waals surface area contributed by atoms with Crippen LogP contribution < -0.4 is 5.56 Å². The first-order valence-corrected chi connectivity index (χ1v) is 13.7. The van der Waals surface area contributed by atoms with Crippen LogP contribution in [0.15, 0.2) is 77.9 Å². The van der Waals surface area contributed by atoms with E-state index in [1.165, 1.54) is 0 Å². The minimum atomic E-state index is -0.522. The highest BCUT2D eigenvalue weighted by atomic mass is 16.5. The van der Waals surface area contributed by atoms with Gasteiger partial charge in [0, 0.05) is 37.7 Å². The number of rotatable bonds is 9. The van der Waals surface area contributed by atoms with Crippen LogP contribution in [0.25, 0.3) is 10.9 Å². The summed E-state index contributed by atoms with van der Waals surface area (Å²) < 4.78 is 7.73. The molecule has 204 valence electrons. The molecule has 0 bridgehead atoms. The number of pyridine rings is 2. The number of nitrogens with zero attached hydrogens (tertiary/aromatic N) is 6. The van der Waals surface area contributed by atoms with Crippen molar-refractivity contribution in [2.24, 2.45) is 0 Å². The zero-order chi connectivity index (χ0) is 27.5. The van der Waals surface area contributed by atoms with Crippen molar-refractivity contribution >= 4 is 10.9 Å². The van der Waals surface area contributed by atoms with Gasteiger partial charge in [-0.1, -0.05) is 48.0 Å². The number of benzene rings is 2. The summed E-state index contributed by atoms with van der Waals surface area (Å²) in [6, 6.07) is 19.9. The Morgan fingerprint density at radius 2 is 1.90 bits per heavy atom. The fraction of sp³-hybridized carbons (Fsp3) is 0.323. The highest BCUT2D eigenvalue weighted by Gasteiger charge is 2.32. The molecule has 0 spiro atoms. The third-order valence-electron chi connectivity index (χ3n) is 7.52. The van der Waals surface area contributed by atoms with Gasteiger partial charge in [0.25, 0.3) is 5.56 Å². The lowest BCUT2D eigenvalue weighted by Gasteiger charge is -2.31. The molecule has 9 nitrogen and oxygen atoms in total. The molecule has 1 aliphatic rings. The highest BCUT2D eigenvalue weighted by Crippen LogP contribution is 2.31. The monoisotopic (exact) mass is 535 g/mol. The molecule has 0 saturated carbocycles. The number of hydrogen-bond donors (Lipinski definition) is 1. The Kier molecular flexibility index (Phi) is 7.48. The second-order valence-electron chi connectivity index (χ2n) is 10.6. The molecule has 0 radical (unpaired) electrons. The molecule has 0 aliphatic carbocycles. The average molecular weight is 536 g/mol. The minimum Gasteiger partial charge on any atom is -0.376 e. The number of hydrogen-bond acceptors (Lipinski definition) is 7. The Hall–Kier alpha value is -4.21. The summed E-state index contributed by atoms with van der Waals surface area (Å²) in [5.74, 6) is 0.615. The van der Waals surface area contributed by atoms with E-state index in [1.807, 2.05) is 48.1 Å². The summed E-state index contributed by atoms with van der Waals surface area (Å²) in [5.41, 5.74) is 5.62. The van der Waals surface area contributed by atoms with Crippen LogP contribution in [0.5, 0.6) is 0 Å². The number of aromatic nitrogens is 6. The standard InChI is InChI=1S/C31H33N7O2/c1-21-14-22(2)28-25(15-21)16-27(31(39)33-28)29(30-34-35-36-38(30)20-26-11-7-13-40-26)37(18-23-8-4-3-5-9-23)19-24-10-6-12-32-17-24/h3-6,8-10,12,14-17,26,29H,7,11,13,18-20H2,1-2H3,(H,33,39)/t26-,29+/m1/s1. The van der Waals surface area contributed by atoms with Crippen LogP contribution in [0.1, 0.15) is 52.5 Å². The molecule has 4 heterocycles. The second kappa shape index (κ2) is 11.5. The Morgan fingerprint density at radius 1 is 1.07 bits per heavy atom. The molecular formula is C31H33N7O2. The first kappa shape index (κ1) is 26.0. The van der Waals surface area contributed by atoms with Gasteiger partial charge < -0.3 is 9.72 Å². The third kappa shape index (κ3) is 5.57. The van der Waals surface area contributed by atoms with Gasteiger partial charge in [0.1, 0.15) is 6.04 Å². The van der Waals surface area contributed by atoms with Crippen molar-refractivity contribution in [3.8, 4) is 0 Å². The SMILES string of the molecule is Cc1cc(C)c2[nH]c(=O)c([C@@H](c3nnnn3C[C@H]3CCCO3)N(Cc3ccccc3)Cc3cccnc3)cc2c1. The Labute approximate surface area is 232 Å². The van der Waals surface area contributed by atoms with Crippen LogP contribution in [0, 0.1) is 13.8 Å². The lowest BCUT2D eigenvalue weighted by Crippen LogP contribution is -2.35. The van der Waals surface area contributed by atoms with Crippen molar-refractivity contribution in [2.45, 2.75) is 58.5 Å². The lowest BCUT2D eigenvalue weighted by molar-refractivity contribution is 0.0903. The van der Waals surface area contributed by atoms with E-state index in [0.717, 1.165) is 52.6 Å². The normalized spacial score (nSPS) is 16.1. The summed E-state index contributed by atoms with van der Waals surface area (Å²) >= 11 is 0. The first-order chi connectivity index (χ1) is 19.5. The number of aryl methyl sites for hydroxylation is 2. The van der Waals surface area contributed by atoms with E-state index in [4.69, 9.17) is 4.74 Å². The van der Waals surface area contributed by atoms with Crippen molar-refractivity contribution < 1.29 is 4.74 Å². The van der Waals surface area contributed by atoms with Crippen LogP contribution >= 0.6 is 0 Å². The van der Waals surface area contributed by atoms with Crippen molar-refractivity contribution in [3.05, 3.63) is 117 Å². The van der Waals surface area contributed by atoms with Gasteiger partial charge >= 0.3 is 0 Å². The summed E-state index contributed by atoms with van der Waals surface area (Å²) in [5, 5.41) is 14.0. The van der Waals surface area contributed by atoms with Crippen LogP contribution in [-0.4, -0.2) is 47.8 Å². The number of tetrazole rings is 1. The van der Waals surface area contributed by atoms with E-state index in [0.29, 0.717) is 31.0 Å². The van der Waals surface area contributed by atoms with Gasteiger partial charge in [0.2, 0.25) is 0 Å². The molecule has 3 aromatic heterocycles. The first-order valence-electron chi connectivity index (χ1n) is 13.7. The van der Waals surface area contributed by atoms with Gasteiger partial charge in [0.05, 0.1) is 18.2 Å². The number of H-pyrrole nitrogens is 1. The van der Waals surface area contributed by atoms with E-state index >= 15 is 0 Å². The lowest BCUT2D eigenvalue weighted by atomic mass is 9.99. The maximum Gasteiger partial charge on any atom is 0.253 e. The molecule has 0 unspecified atom stereocenters. The summed E-state index contributed by atoms with van der Waals surface area (Å²) in [6.45, 7) is 6.50. The van der Waals surface area contributed by atoms with Crippen LogP contribution in [-0.2, 0) is 24.4 Å². The molecule has 40 heavy (non-hydrogen) atoms. The number of ether oxygens (including phenoxy) is 1. The van der Waals surface area contributed by atoms with E-state index in [9.17, 15) is 4.79 Å². The third-order valence-corrected chi connectivity index (χ3v) is 7.52. The van der Waals surface area contributed by atoms with Crippen molar-refractivity contribution in [2.75, 3.05) is 6.61 Å². The van der Waals surface area contributed by atoms with Crippen molar-refractivity contribution in [1.82, 2.24) is 35.1 Å². The van der Waals surface area contributed by atoms with Crippen molar-refractivity contribution in [3.63, 3.8) is 0 Å². The van der Waals surface area contributed by atoms with E-state index in [1.54, 1.807) is 6.20 Å². The smallest absolute Gasteiger partial charge is 0.253 e. The topological polar surface area (TPSA) is 102 Å². The zero-order valence-electron chi connectivity index (χ0n) is 22.8. The maximum absolute atomic E-state index is 13.9. The van der Waals surface area contributed by atoms with Crippen molar-refractivity contribution in [1.29, 1.82) is 0 Å². The van der Waals surface area contributed by atoms with E-state index < -0.39 is 6.04 Å². The molecule has 2 atom stereocenters. The van der Waals surface area contributed by atoms with Gasteiger partial charge in [-0.15, -0.1) is 5.10 Å². The van der Waals surface area contributed by atoms with E-state index in [-0.39, 0.29) is 11.7 Å². The molecule has 1 saturated heterocycles. The Balaban J connectivity index is 1.52. The predicted octanol–water partition coefficient (Wildman–Crippen LogP) is 4.50. The quantitative estimate of drug-likeness (QED) is 0.297. The molecular weight excluding hydrogens is 502 g/mol. The molecule has 1 aliphatic heterocycles. The number of fused-ring (bicyclic) bond motifs is 1. The fourth-order valence-electron chi connectivity index (χ4n) is 5.71. The number of aromatic amines is 1. The van der Waals surface area contributed by atoms with Gasteiger partial charge in [-0.3, -0.25) is 14.7 Å². The van der Waals surface area contributed by atoms with Gasteiger partial charge in [-0.05, 0) is 77.4 Å². The maximum atomic E-state index is 13.9. The molecule has 1 N–H and O–H groups in total. The zero-order valence-corrected chi connectivity index (χ0v) is 22.8. The van der Waals surface area contributed by atoms with Crippen LogP contribution in [0.4, 0.5) is 0 Å². The summed E-state index contributed by atoms with van der Waals surface area (Å²) in [6.07, 6.45) is 5.66. The van der Waals surface area contributed by atoms with Crippen LogP contribution in [0.3, 0.4) is 0 Å². The second-order valence-corrected chi connectivity index (χ2v) is 10.6. The summed E-state index contributed by atoms with van der Waals surface area (Å²) in [7, 11) is 0. The van der Waals surface area contributed by atoms with Crippen LogP contribution in [0.2, 0.25) is 0 Å². The molecule has 2 aromatic carbocycles. The molecule has 6 rings (SSSR count). The summed E-state index contributed by atoms with van der Waals surface area (Å²) in [4.78, 5) is 23.6. The van der Waals surface area contributed by atoms with Gasteiger partial charge in [-0.2, -0.15) is 0 Å². The molecule has 0 amide bonds. The van der Waals surface area contributed by atoms with Gasteiger partial charge in [-0.25, -0.2) is 4.68 Å². The van der Waals surface area contributed by atoms with Gasteiger partial charge in [0.15, 0.2) is 5.82 Å². The highest BCUT2D eigenvalue weighted by molar-refractivity contribution is 5.83. The fourth-order valence-corrected chi connectivity index (χ4v) is 5.71. The number of nitrogens with one attached hydrogen (secondary N) is 1. The Bertz CT molecular complexity index is 1600. The molecule has 1 fully saturated rings. The molecule has 5 aromatic rings. The Morgan fingerprint density at radius 3 is 2.67 bits per heavy atom. The minimum absolute atomic E-state index is 0.0454. The molecule has 9 heteroatoms. The van der Waals surface area contributed by atoms with E-state index in [2.05, 4.69) is 67.6 Å². The predicted molar refractivity (Wildman–Crippen MR) is 153 cm³/mol.